The molecular weight excluding hydrogens is 377 g/mol. The van der Waals surface area contributed by atoms with Crippen molar-refractivity contribution in [3.05, 3.63) is 12.7 Å². The molecule has 0 amide bonds. The third-order valence-corrected chi connectivity index (χ3v) is 3.01. The molecule has 0 radical (unpaired) electrons. The molecule has 0 aromatic heterocycles. The SMILES string of the molecule is C=CCCCCCN(C)C(=NCCCOCC)NCC.I. The summed E-state index contributed by atoms with van der Waals surface area (Å²) < 4.78 is 5.33. The van der Waals surface area contributed by atoms with Crippen LogP contribution in [0.1, 0.15) is 46.0 Å². The summed E-state index contributed by atoms with van der Waals surface area (Å²) >= 11 is 0. The average molecular weight is 411 g/mol. The summed E-state index contributed by atoms with van der Waals surface area (Å²) in [4.78, 5) is 6.86. The van der Waals surface area contributed by atoms with Crippen LogP contribution in [0.5, 0.6) is 0 Å². The zero-order valence-corrected chi connectivity index (χ0v) is 16.4. The lowest BCUT2D eigenvalue weighted by Crippen LogP contribution is -2.39. The summed E-state index contributed by atoms with van der Waals surface area (Å²) in [6, 6.07) is 0. The lowest BCUT2D eigenvalue weighted by atomic mass is 10.2. The van der Waals surface area contributed by atoms with Crippen molar-refractivity contribution >= 4 is 29.9 Å². The predicted molar refractivity (Wildman–Crippen MR) is 104 cm³/mol. The van der Waals surface area contributed by atoms with E-state index in [1.165, 1.54) is 19.3 Å². The Morgan fingerprint density at radius 1 is 1.24 bits per heavy atom. The van der Waals surface area contributed by atoms with Crippen molar-refractivity contribution in [2.24, 2.45) is 4.99 Å². The van der Waals surface area contributed by atoms with E-state index in [4.69, 9.17) is 4.74 Å². The quantitative estimate of drug-likeness (QED) is 0.175. The molecule has 0 unspecified atom stereocenters. The minimum Gasteiger partial charge on any atom is -0.382 e. The van der Waals surface area contributed by atoms with Crippen LogP contribution in [0.2, 0.25) is 0 Å². The maximum absolute atomic E-state index is 5.33. The Kier molecular flexibility index (Phi) is 19.4. The molecule has 0 fully saturated rings. The summed E-state index contributed by atoms with van der Waals surface area (Å²) in [6.45, 7) is 12.2. The number of hydrogen-bond acceptors (Lipinski definition) is 2. The predicted octanol–water partition coefficient (Wildman–Crippen LogP) is 3.67. The molecule has 0 aromatic carbocycles. The molecule has 1 N–H and O–H groups in total. The summed E-state index contributed by atoms with van der Waals surface area (Å²) in [6.07, 6.45) is 7.78. The normalized spacial score (nSPS) is 10.9. The van der Waals surface area contributed by atoms with Crippen LogP contribution in [-0.4, -0.2) is 50.8 Å². The van der Waals surface area contributed by atoms with Crippen molar-refractivity contribution in [2.45, 2.75) is 46.0 Å². The fraction of sp³-hybridized carbons (Fsp3) is 0.812. The zero-order valence-electron chi connectivity index (χ0n) is 14.1. The van der Waals surface area contributed by atoms with Crippen molar-refractivity contribution in [3.63, 3.8) is 0 Å². The van der Waals surface area contributed by atoms with Crippen molar-refractivity contribution in [3.8, 4) is 0 Å². The Morgan fingerprint density at radius 2 is 2.00 bits per heavy atom. The maximum atomic E-state index is 5.33. The highest BCUT2D eigenvalue weighted by Crippen LogP contribution is 2.01. The molecule has 0 aliphatic heterocycles. The van der Waals surface area contributed by atoms with E-state index >= 15 is 0 Å². The van der Waals surface area contributed by atoms with Gasteiger partial charge in [-0.2, -0.15) is 0 Å². The van der Waals surface area contributed by atoms with Gasteiger partial charge in [-0.05, 0) is 39.5 Å². The molecule has 0 rings (SSSR count). The fourth-order valence-electron chi connectivity index (χ4n) is 1.89. The molecule has 0 spiro atoms. The fourth-order valence-corrected chi connectivity index (χ4v) is 1.89. The van der Waals surface area contributed by atoms with Gasteiger partial charge in [0.05, 0.1) is 0 Å². The first-order valence-electron chi connectivity index (χ1n) is 7.94. The number of ether oxygens (including phenoxy) is 1. The Labute approximate surface area is 148 Å². The van der Waals surface area contributed by atoms with Crippen molar-refractivity contribution in [1.82, 2.24) is 10.2 Å². The summed E-state index contributed by atoms with van der Waals surface area (Å²) in [5.74, 6) is 1.01. The van der Waals surface area contributed by atoms with Gasteiger partial charge in [-0.1, -0.05) is 12.5 Å². The third kappa shape index (κ3) is 14.4. The number of nitrogens with one attached hydrogen (secondary N) is 1. The average Bonchev–Trinajstić information content (AvgIpc) is 2.45. The Balaban J connectivity index is 0. The van der Waals surface area contributed by atoms with Gasteiger partial charge < -0.3 is 15.0 Å². The molecule has 0 heterocycles. The number of guanidine groups is 1. The number of nitrogens with zero attached hydrogens (tertiary/aromatic N) is 2. The minimum atomic E-state index is 0. The van der Waals surface area contributed by atoms with E-state index in [-0.39, 0.29) is 24.0 Å². The Hall–Kier alpha value is -0.300. The molecule has 5 heteroatoms. The topological polar surface area (TPSA) is 36.9 Å². The van der Waals surface area contributed by atoms with Gasteiger partial charge in [0.1, 0.15) is 0 Å². The highest BCUT2D eigenvalue weighted by atomic mass is 127. The Bertz CT molecular complexity index is 260. The standard InChI is InChI=1S/C16H33N3O.HI/c1-5-8-9-10-11-14-19(4)16(17-6-2)18-13-12-15-20-7-3;/h5H,1,6-15H2,2-4H3,(H,17,18);1H. The van der Waals surface area contributed by atoms with E-state index in [1.807, 2.05) is 13.0 Å². The molecule has 0 aromatic rings. The van der Waals surface area contributed by atoms with E-state index in [2.05, 4.69) is 35.8 Å². The molecule has 0 bridgehead atoms. The van der Waals surface area contributed by atoms with Gasteiger partial charge in [0.2, 0.25) is 0 Å². The molecule has 0 saturated carbocycles. The van der Waals surface area contributed by atoms with Gasteiger partial charge in [-0.25, -0.2) is 0 Å². The van der Waals surface area contributed by atoms with Crippen LogP contribution < -0.4 is 5.32 Å². The van der Waals surface area contributed by atoms with Crippen LogP contribution in [0.25, 0.3) is 0 Å². The highest BCUT2D eigenvalue weighted by molar-refractivity contribution is 14.0. The first-order valence-corrected chi connectivity index (χ1v) is 7.94. The summed E-state index contributed by atoms with van der Waals surface area (Å²) in [5, 5.41) is 3.34. The van der Waals surface area contributed by atoms with Crippen molar-refractivity contribution in [1.29, 1.82) is 0 Å². The zero-order chi connectivity index (χ0) is 15.1. The molecule has 21 heavy (non-hydrogen) atoms. The third-order valence-electron chi connectivity index (χ3n) is 3.01. The molecule has 0 atom stereocenters. The van der Waals surface area contributed by atoms with Crippen molar-refractivity contribution < 1.29 is 4.74 Å². The van der Waals surface area contributed by atoms with Gasteiger partial charge in [0.25, 0.3) is 0 Å². The minimum absolute atomic E-state index is 0. The first kappa shape index (κ1) is 23.0. The van der Waals surface area contributed by atoms with Crippen LogP contribution in [-0.2, 0) is 4.74 Å². The first-order chi connectivity index (χ1) is 9.76. The van der Waals surface area contributed by atoms with E-state index in [9.17, 15) is 0 Å². The van der Waals surface area contributed by atoms with Gasteiger partial charge in [0.15, 0.2) is 5.96 Å². The monoisotopic (exact) mass is 411 g/mol. The van der Waals surface area contributed by atoms with E-state index in [1.54, 1.807) is 0 Å². The molecular formula is C16H34IN3O. The number of rotatable bonds is 12. The van der Waals surface area contributed by atoms with E-state index < -0.39 is 0 Å². The van der Waals surface area contributed by atoms with Gasteiger partial charge in [-0.3, -0.25) is 4.99 Å². The van der Waals surface area contributed by atoms with Gasteiger partial charge >= 0.3 is 0 Å². The second-order valence-electron chi connectivity index (χ2n) is 4.85. The molecule has 126 valence electrons. The van der Waals surface area contributed by atoms with Crippen LogP contribution in [0, 0.1) is 0 Å². The Morgan fingerprint density at radius 3 is 2.62 bits per heavy atom. The second kappa shape index (κ2) is 17.8. The number of allylic oxidation sites excluding steroid dienone is 1. The van der Waals surface area contributed by atoms with E-state index in [0.717, 1.165) is 51.6 Å². The van der Waals surface area contributed by atoms with Crippen LogP contribution >= 0.6 is 24.0 Å². The largest absolute Gasteiger partial charge is 0.382 e. The maximum Gasteiger partial charge on any atom is 0.193 e. The van der Waals surface area contributed by atoms with Crippen LogP contribution in [0.3, 0.4) is 0 Å². The second-order valence-corrected chi connectivity index (χ2v) is 4.85. The van der Waals surface area contributed by atoms with Gasteiger partial charge in [-0.15, -0.1) is 30.6 Å². The molecule has 4 nitrogen and oxygen atoms in total. The number of unbranched alkanes of at least 4 members (excludes halogenated alkanes) is 3. The lowest BCUT2D eigenvalue weighted by molar-refractivity contribution is 0.146. The number of halogens is 1. The molecule has 0 aliphatic carbocycles. The molecule has 0 aliphatic rings. The van der Waals surface area contributed by atoms with Crippen LogP contribution in [0.4, 0.5) is 0 Å². The lowest BCUT2D eigenvalue weighted by Gasteiger charge is -2.22. The summed E-state index contributed by atoms with van der Waals surface area (Å²) in [7, 11) is 2.11. The van der Waals surface area contributed by atoms with Gasteiger partial charge in [0, 0.05) is 39.9 Å². The number of hydrogen-bond donors (Lipinski definition) is 1. The van der Waals surface area contributed by atoms with Crippen molar-refractivity contribution in [2.75, 3.05) is 39.9 Å². The highest BCUT2D eigenvalue weighted by Gasteiger charge is 2.04. The van der Waals surface area contributed by atoms with Crippen LogP contribution in [0.15, 0.2) is 17.6 Å². The molecule has 0 saturated heterocycles. The number of aliphatic imine (C=N–C) groups is 1. The smallest absolute Gasteiger partial charge is 0.193 e. The van der Waals surface area contributed by atoms with E-state index in [0.29, 0.717) is 0 Å². The summed E-state index contributed by atoms with van der Waals surface area (Å²) in [5.41, 5.74) is 0.